The summed E-state index contributed by atoms with van der Waals surface area (Å²) in [5.41, 5.74) is 5.75. The summed E-state index contributed by atoms with van der Waals surface area (Å²) in [6.07, 6.45) is 8.30. The normalized spacial score (nSPS) is 19.6. The van der Waals surface area contributed by atoms with Gasteiger partial charge in [0, 0.05) is 34.3 Å². The van der Waals surface area contributed by atoms with Crippen LogP contribution in [0.15, 0.2) is 79.5 Å². The number of aromatic nitrogens is 1. The summed E-state index contributed by atoms with van der Waals surface area (Å²) < 4.78 is 23.2. The number of likely N-dealkylation sites (tertiary alicyclic amines) is 1. The van der Waals surface area contributed by atoms with Crippen molar-refractivity contribution in [3.8, 4) is 11.5 Å². The molecule has 3 heterocycles. The minimum absolute atomic E-state index is 0.0564. The molecule has 2 aliphatic heterocycles. The summed E-state index contributed by atoms with van der Waals surface area (Å²) in [7, 11) is 2.20. The van der Waals surface area contributed by atoms with Gasteiger partial charge in [0.05, 0.1) is 6.04 Å². The predicted molar refractivity (Wildman–Crippen MR) is 135 cm³/mol. The maximum absolute atomic E-state index is 14.5. The van der Waals surface area contributed by atoms with Crippen molar-refractivity contribution in [3.05, 3.63) is 108 Å². The van der Waals surface area contributed by atoms with Gasteiger partial charge in [0.25, 0.3) is 0 Å². The van der Waals surface area contributed by atoms with E-state index in [2.05, 4.69) is 47.5 Å². The zero-order chi connectivity index (χ0) is 23.2. The Morgan fingerprint density at radius 3 is 2.74 bits per heavy atom. The van der Waals surface area contributed by atoms with Crippen LogP contribution in [0.5, 0.6) is 11.5 Å². The zero-order valence-electron chi connectivity index (χ0n) is 19.5. The molecule has 1 fully saturated rings. The molecule has 0 amide bonds. The molecule has 2 atom stereocenters. The molecule has 0 N–H and O–H groups in total. The number of hydrogen-bond donors (Lipinski definition) is 0. The van der Waals surface area contributed by atoms with Gasteiger partial charge in [-0.2, -0.15) is 0 Å². The Morgan fingerprint density at radius 1 is 1.06 bits per heavy atom. The van der Waals surface area contributed by atoms with E-state index in [1.54, 1.807) is 12.1 Å². The molecule has 0 unspecified atom stereocenters. The third-order valence-electron chi connectivity index (χ3n) is 7.51. The van der Waals surface area contributed by atoms with E-state index in [-0.39, 0.29) is 11.9 Å². The molecule has 6 rings (SSSR count). The van der Waals surface area contributed by atoms with Crippen molar-refractivity contribution in [2.45, 2.75) is 37.8 Å². The van der Waals surface area contributed by atoms with Gasteiger partial charge in [-0.1, -0.05) is 36.4 Å². The highest BCUT2D eigenvalue weighted by Crippen LogP contribution is 2.48. The average molecular weight is 453 g/mol. The minimum Gasteiger partial charge on any atom is -0.457 e. The van der Waals surface area contributed by atoms with Gasteiger partial charge in [0.15, 0.2) is 0 Å². The Labute approximate surface area is 200 Å². The quantitative estimate of drug-likeness (QED) is 0.270. The summed E-state index contributed by atoms with van der Waals surface area (Å²) in [4.78, 5) is 2.43. The van der Waals surface area contributed by atoms with E-state index in [0.717, 1.165) is 52.9 Å². The Kier molecular flexibility index (Phi) is 5.26. The Bertz CT molecular complexity index is 1390. The Balaban J connectivity index is 1.58. The second-order valence-corrected chi connectivity index (χ2v) is 9.57. The number of nitrogens with zero attached hydrogens (tertiary/aromatic N) is 2. The fourth-order valence-corrected chi connectivity index (χ4v) is 5.85. The third-order valence-corrected chi connectivity index (χ3v) is 7.51. The Morgan fingerprint density at radius 2 is 1.91 bits per heavy atom. The fraction of sp³-hybridized carbons (Fsp3) is 0.267. The van der Waals surface area contributed by atoms with Crippen LogP contribution >= 0.6 is 0 Å². The number of para-hydroxylation sites is 1. The highest BCUT2D eigenvalue weighted by Gasteiger charge is 2.32. The summed E-state index contributed by atoms with van der Waals surface area (Å²) >= 11 is 0. The van der Waals surface area contributed by atoms with Gasteiger partial charge in [-0.05, 0) is 80.7 Å². The summed E-state index contributed by atoms with van der Waals surface area (Å²) in [6, 6.07) is 20.2. The second kappa shape index (κ2) is 8.44. The molecule has 3 nitrogen and oxygen atoms in total. The van der Waals surface area contributed by atoms with Crippen LogP contribution in [-0.4, -0.2) is 29.1 Å². The molecule has 4 aromatic rings. The van der Waals surface area contributed by atoms with E-state index < -0.39 is 0 Å². The van der Waals surface area contributed by atoms with E-state index in [4.69, 9.17) is 4.74 Å². The largest absolute Gasteiger partial charge is 0.457 e. The van der Waals surface area contributed by atoms with Crippen LogP contribution in [0.1, 0.15) is 41.1 Å². The molecule has 34 heavy (non-hydrogen) atoms. The van der Waals surface area contributed by atoms with Gasteiger partial charge in [0.2, 0.25) is 0 Å². The predicted octanol–water partition coefficient (Wildman–Crippen LogP) is 6.89. The zero-order valence-corrected chi connectivity index (χ0v) is 19.5. The van der Waals surface area contributed by atoms with Gasteiger partial charge in [-0.25, -0.2) is 4.39 Å². The molecule has 0 bridgehead atoms. The van der Waals surface area contributed by atoms with Crippen molar-refractivity contribution in [1.29, 1.82) is 0 Å². The van der Waals surface area contributed by atoms with Crippen molar-refractivity contribution in [1.82, 2.24) is 9.47 Å². The maximum Gasteiger partial charge on any atom is 0.133 e. The molecule has 3 aromatic carbocycles. The van der Waals surface area contributed by atoms with Gasteiger partial charge < -0.3 is 14.2 Å². The lowest BCUT2D eigenvalue weighted by atomic mass is 9.89. The first kappa shape index (κ1) is 21.2. The summed E-state index contributed by atoms with van der Waals surface area (Å²) in [5, 5.41) is 1.01. The van der Waals surface area contributed by atoms with E-state index in [1.165, 1.54) is 24.0 Å². The average Bonchev–Trinajstić information content (AvgIpc) is 3.41. The molecule has 2 aliphatic rings. The van der Waals surface area contributed by atoms with Gasteiger partial charge in [0.1, 0.15) is 17.3 Å². The Hall–Kier alpha value is -3.37. The summed E-state index contributed by atoms with van der Waals surface area (Å²) in [5.74, 6) is 1.56. The van der Waals surface area contributed by atoms with Crippen LogP contribution in [0.2, 0.25) is 0 Å². The number of hydrogen-bond acceptors (Lipinski definition) is 2. The molecule has 1 saturated heterocycles. The number of allylic oxidation sites excluding steroid dienone is 1. The van der Waals surface area contributed by atoms with E-state index in [1.807, 2.05) is 36.4 Å². The lowest BCUT2D eigenvalue weighted by molar-refractivity contribution is 0.309. The van der Waals surface area contributed by atoms with Crippen LogP contribution < -0.4 is 4.74 Å². The lowest BCUT2D eigenvalue weighted by Gasteiger charge is -2.31. The van der Waals surface area contributed by atoms with E-state index in [9.17, 15) is 4.39 Å². The molecule has 0 spiro atoms. The maximum atomic E-state index is 14.5. The van der Waals surface area contributed by atoms with Crippen molar-refractivity contribution in [2.24, 2.45) is 0 Å². The van der Waals surface area contributed by atoms with E-state index >= 15 is 0 Å². The van der Waals surface area contributed by atoms with Crippen molar-refractivity contribution in [3.63, 3.8) is 0 Å². The summed E-state index contributed by atoms with van der Waals surface area (Å²) in [6.45, 7) is 5.11. The smallest absolute Gasteiger partial charge is 0.133 e. The second-order valence-electron chi connectivity index (χ2n) is 9.57. The van der Waals surface area contributed by atoms with E-state index in [0.29, 0.717) is 6.04 Å². The molecule has 0 radical (unpaired) electrons. The number of benzene rings is 3. The van der Waals surface area contributed by atoms with Gasteiger partial charge >= 0.3 is 0 Å². The number of halogens is 1. The minimum atomic E-state index is -0.189. The number of likely N-dealkylation sites (N-methyl/N-ethyl adjacent to an activating group) is 1. The first-order chi connectivity index (χ1) is 16.6. The first-order valence-electron chi connectivity index (χ1n) is 12.1. The number of ether oxygens (including phenoxy) is 1. The topological polar surface area (TPSA) is 17.4 Å². The SMILES string of the molecule is C=CCc1cccc2c1[C@@H](n1cc(C[C@@H]3CCCN3C)c3cc(F)ccc31)c1ccccc1O2. The lowest BCUT2D eigenvalue weighted by Crippen LogP contribution is -2.26. The first-order valence-corrected chi connectivity index (χ1v) is 12.1. The van der Waals surface area contributed by atoms with Gasteiger partial charge in [-0.15, -0.1) is 6.58 Å². The molecule has 0 aliphatic carbocycles. The monoisotopic (exact) mass is 452 g/mol. The molecular weight excluding hydrogens is 423 g/mol. The highest BCUT2D eigenvalue weighted by molar-refractivity contribution is 5.85. The fourth-order valence-electron chi connectivity index (χ4n) is 5.85. The van der Waals surface area contributed by atoms with Crippen LogP contribution in [-0.2, 0) is 12.8 Å². The molecular formula is C30H29FN2O. The number of rotatable bonds is 5. The highest BCUT2D eigenvalue weighted by atomic mass is 19.1. The van der Waals surface area contributed by atoms with Crippen LogP contribution in [0, 0.1) is 5.82 Å². The standard InChI is InChI=1S/C30H29FN2O/c1-3-8-20-9-6-13-28-29(20)30(24-11-4-5-12-27(24)34-28)33-19-21(17-23-10-7-16-32(23)2)25-18-22(31)14-15-26(25)33/h3-6,9,11-15,18-19,23,30H,1,7-8,10,16-17H2,2H3/t23-,30-/m0/s1. The number of fused-ring (bicyclic) bond motifs is 3. The van der Waals surface area contributed by atoms with Crippen molar-refractivity contribution < 1.29 is 9.13 Å². The van der Waals surface area contributed by atoms with Crippen molar-refractivity contribution >= 4 is 10.9 Å². The van der Waals surface area contributed by atoms with Crippen molar-refractivity contribution in [2.75, 3.05) is 13.6 Å². The third kappa shape index (κ3) is 3.45. The molecule has 4 heteroatoms. The van der Waals surface area contributed by atoms with Gasteiger partial charge in [-0.3, -0.25) is 0 Å². The molecule has 0 saturated carbocycles. The molecule has 1 aromatic heterocycles. The van der Waals surface area contributed by atoms with Crippen LogP contribution in [0.4, 0.5) is 4.39 Å². The van der Waals surface area contributed by atoms with Crippen LogP contribution in [0.3, 0.4) is 0 Å². The van der Waals surface area contributed by atoms with Crippen LogP contribution in [0.25, 0.3) is 10.9 Å². The molecule has 172 valence electrons.